The van der Waals surface area contributed by atoms with Crippen molar-refractivity contribution < 1.29 is 27.6 Å². The highest BCUT2D eigenvalue weighted by molar-refractivity contribution is 7.89. The van der Waals surface area contributed by atoms with E-state index in [9.17, 15) is 27.6 Å². The SMILES string of the molecule is CN(C)S(=O)(=O)c1cccc(C(=O)NNC(=O)CCN2C(=O)CCC2=O)c1. The molecular formula is C16H20N4O6S. The second kappa shape index (κ2) is 8.27. The molecule has 0 atom stereocenters. The number of nitrogens with one attached hydrogen (secondary N) is 2. The Morgan fingerprint density at radius 1 is 1.11 bits per heavy atom. The summed E-state index contributed by atoms with van der Waals surface area (Å²) in [6, 6.07) is 5.36. The second-order valence-electron chi connectivity index (χ2n) is 6.01. The number of imide groups is 1. The molecule has 1 aromatic carbocycles. The molecule has 1 fully saturated rings. The summed E-state index contributed by atoms with van der Waals surface area (Å²) in [6.45, 7) is -0.0596. The zero-order chi connectivity index (χ0) is 20.2. The Morgan fingerprint density at radius 2 is 1.74 bits per heavy atom. The Bertz CT molecular complexity index is 865. The average Bonchev–Trinajstić information content (AvgIpc) is 2.95. The number of hydrazine groups is 1. The number of sulfonamides is 1. The smallest absolute Gasteiger partial charge is 0.269 e. The minimum atomic E-state index is -3.70. The number of benzene rings is 1. The molecule has 4 amide bonds. The van der Waals surface area contributed by atoms with Gasteiger partial charge in [-0.2, -0.15) is 0 Å². The maximum absolute atomic E-state index is 12.1. The van der Waals surface area contributed by atoms with Crippen LogP contribution in [0.4, 0.5) is 0 Å². The maximum atomic E-state index is 12.1. The average molecular weight is 396 g/mol. The minimum absolute atomic E-state index is 0.0446. The van der Waals surface area contributed by atoms with Crippen molar-refractivity contribution in [3.05, 3.63) is 29.8 Å². The van der Waals surface area contributed by atoms with E-state index in [1.807, 2.05) is 0 Å². The van der Waals surface area contributed by atoms with Gasteiger partial charge in [-0.05, 0) is 18.2 Å². The summed E-state index contributed by atoms with van der Waals surface area (Å²) in [5.74, 6) is -1.94. The Morgan fingerprint density at radius 3 is 2.33 bits per heavy atom. The van der Waals surface area contributed by atoms with Gasteiger partial charge in [-0.3, -0.25) is 34.9 Å². The lowest BCUT2D eigenvalue weighted by atomic mass is 10.2. The van der Waals surface area contributed by atoms with Gasteiger partial charge in [0.1, 0.15) is 0 Å². The second-order valence-corrected chi connectivity index (χ2v) is 8.16. The van der Waals surface area contributed by atoms with Gasteiger partial charge in [0.2, 0.25) is 27.7 Å². The van der Waals surface area contributed by atoms with E-state index in [2.05, 4.69) is 10.9 Å². The van der Waals surface area contributed by atoms with Gasteiger partial charge < -0.3 is 0 Å². The molecule has 0 bridgehead atoms. The fraction of sp³-hybridized carbons (Fsp3) is 0.375. The van der Waals surface area contributed by atoms with Crippen LogP contribution in [0.25, 0.3) is 0 Å². The summed E-state index contributed by atoms with van der Waals surface area (Å²) >= 11 is 0. The van der Waals surface area contributed by atoms with Crippen molar-refractivity contribution in [1.29, 1.82) is 0 Å². The fourth-order valence-electron chi connectivity index (χ4n) is 2.36. The lowest BCUT2D eigenvalue weighted by Crippen LogP contribution is -2.43. The Balaban J connectivity index is 1.91. The van der Waals surface area contributed by atoms with E-state index in [1.54, 1.807) is 0 Å². The van der Waals surface area contributed by atoms with Crippen LogP contribution in [0.5, 0.6) is 0 Å². The van der Waals surface area contributed by atoms with Crippen LogP contribution in [-0.4, -0.2) is 61.9 Å². The predicted octanol–water partition coefficient (Wildman–Crippen LogP) is -0.763. The molecule has 0 saturated carbocycles. The van der Waals surface area contributed by atoms with Crippen molar-refractivity contribution in [1.82, 2.24) is 20.1 Å². The Kier molecular flexibility index (Phi) is 6.28. The summed E-state index contributed by atoms with van der Waals surface area (Å²) in [4.78, 5) is 47.8. The molecule has 0 spiro atoms. The van der Waals surface area contributed by atoms with Gasteiger partial charge >= 0.3 is 0 Å². The van der Waals surface area contributed by atoms with Gasteiger partial charge in [0, 0.05) is 45.5 Å². The van der Waals surface area contributed by atoms with E-state index in [0.717, 1.165) is 9.21 Å². The summed E-state index contributed by atoms with van der Waals surface area (Å²) in [5.41, 5.74) is 4.38. The van der Waals surface area contributed by atoms with E-state index >= 15 is 0 Å². The van der Waals surface area contributed by atoms with Gasteiger partial charge in [0.05, 0.1) is 4.90 Å². The predicted molar refractivity (Wildman–Crippen MR) is 93.5 cm³/mol. The Labute approximate surface area is 156 Å². The number of nitrogens with zero attached hydrogens (tertiary/aromatic N) is 2. The van der Waals surface area contributed by atoms with Crippen molar-refractivity contribution >= 4 is 33.7 Å². The molecule has 27 heavy (non-hydrogen) atoms. The lowest BCUT2D eigenvalue weighted by molar-refractivity contribution is -0.138. The van der Waals surface area contributed by atoms with Crippen molar-refractivity contribution in [3.63, 3.8) is 0 Å². The van der Waals surface area contributed by atoms with E-state index in [-0.39, 0.29) is 48.1 Å². The quantitative estimate of drug-likeness (QED) is 0.480. The molecule has 1 aromatic rings. The van der Waals surface area contributed by atoms with Gasteiger partial charge in [-0.25, -0.2) is 12.7 Å². The summed E-state index contributed by atoms with van der Waals surface area (Å²) < 4.78 is 25.2. The lowest BCUT2D eigenvalue weighted by Gasteiger charge is -2.14. The minimum Gasteiger partial charge on any atom is -0.282 e. The molecule has 2 rings (SSSR count). The number of carbonyl (C=O) groups excluding carboxylic acids is 4. The van der Waals surface area contributed by atoms with Crippen LogP contribution in [-0.2, 0) is 24.4 Å². The van der Waals surface area contributed by atoms with Gasteiger partial charge in [0.25, 0.3) is 5.91 Å². The third kappa shape index (κ3) is 4.89. The molecule has 1 aliphatic rings. The van der Waals surface area contributed by atoms with Crippen molar-refractivity contribution in [2.45, 2.75) is 24.2 Å². The summed E-state index contributed by atoms with van der Waals surface area (Å²) in [6.07, 6.45) is 0.125. The molecule has 0 aliphatic carbocycles. The van der Waals surface area contributed by atoms with E-state index in [1.165, 1.54) is 38.4 Å². The molecule has 0 radical (unpaired) electrons. The third-order valence-corrected chi connectivity index (χ3v) is 5.72. The maximum Gasteiger partial charge on any atom is 0.269 e. The van der Waals surface area contributed by atoms with Crippen LogP contribution in [0.2, 0.25) is 0 Å². The number of amides is 4. The van der Waals surface area contributed by atoms with E-state index in [0.29, 0.717) is 0 Å². The normalized spacial score (nSPS) is 14.6. The summed E-state index contributed by atoms with van der Waals surface area (Å²) in [7, 11) is -0.950. The number of rotatable bonds is 6. The van der Waals surface area contributed by atoms with Gasteiger partial charge in [-0.1, -0.05) is 6.07 Å². The zero-order valence-corrected chi connectivity index (χ0v) is 15.7. The molecular weight excluding hydrogens is 376 g/mol. The molecule has 0 aromatic heterocycles. The zero-order valence-electron chi connectivity index (χ0n) is 14.9. The third-order valence-electron chi connectivity index (χ3n) is 3.91. The van der Waals surface area contributed by atoms with Crippen LogP contribution in [0.1, 0.15) is 29.6 Å². The van der Waals surface area contributed by atoms with Crippen LogP contribution >= 0.6 is 0 Å². The highest BCUT2D eigenvalue weighted by Gasteiger charge is 2.28. The van der Waals surface area contributed by atoms with Gasteiger partial charge in [0.15, 0.2) is 0 Å². The number of carbonyl (C=O) groups is 4. The first-order valence-electron chi connectivity index (χ1n) is 8.08. The molecule has 0 unspecified atom stereocenters. The number of hydrogen-bond acceptors (Lipinski definition) is 6. The standard InChI is InChI=1S/C16H20N4O6S/c1-19(2)27(25,26)12-5-3-4-11(10-12)16(24)18-17-13(21)8-9-20-14(22)6-7-15(20)23/h3-5,10H,6-9H2,1-2H3,(H,17,21)(H,18,24). The monoisotopic (exact) mass is 396 g/mol. The van der Waals surface area contributed by atoms with Crippen LogP contribution in [0.15, 0.2) is 29.2 Å². The molecule has 10 nitrogen and oxygen atoms in total. The molecule has 1 heterocycles. The first kappa shape index (κ1) is 20.5. The summed E-state index contributed by atoms with van der Waals surface area (Å²) in [5, 5.41) is 0. The van der Waals surface area contributed by atoms with E-state index in [4.69, 9.17) is 0 Å². The molecule has 2 N–H and O–H groups in total. The number of hydrogen-bond donors (Lipinski definition) is 2. The molecule has 146 valence electrons. The van der Waals surface area contributed by atoms with Crippen molar-refractivity contribution in [3.8, 4) is 0 Å². The highest BCUT2D eigenvalue weighted by Crippen LogP contribution is 2.15. The first-order valence-corrected chi connectivity index (χ1v) is 9.52. The largest absolute Gasteiger partial charge is 0.282 e. The van der Waals surface area contributed by atoms with Gasteiger partial charge in [-0.15, -0.1) is 0 Å². The molecule has 11 heteroatoms. The number of likely N-dealkylation sites (tertiary alicyclic amines) is 1. The van der Waals surface area contributed by atoms with Crippen molar-refractivity contribution in [2.24, 2.45) is 0 Å². The van der Waals surface area contributed by atoms with Crippen LogP contribution in [0, 0.1) is 0 Å². The first-order chi connectivity index (χ1) is 12.6. The highest BCUT2D eigenvalue weighted by atomic mass is 32.2. The fourth-order valence-corrected chi connectivity index (χ4v) is 3.30. The molecule has 1 aliphatic heterocycles. The van der Waals surface area contributed by atoms with Crippen LogP contribution in [0.3, 0.4) is 0 Å². The Hall–Kier alpha value is -2.79. The topological polar surface area (TPSA) is 133 Å². The molecule has 1 saturated heterocycles. The van der Waals surface area contributed by atoms with E-state index < -0.39 is 21.8 Å². The van der Waals surface area contributed by atoms with Crippen molar-refractivity contribution in [2.75, 3.05) is 20.6 Å². The van der Waals surface area contributed by atoms with Crippen LogP contribution < -0.4 is 10.9 Å².